The smallest absolute Gasteiger partial charge is 0.160 e. The molecule has 9 rings (SSSR count). The van der Waals surface area contributed by atoms with E-state index in [1.165, 1.54) is 16.7 Å². The highest BCUT2D eigenvalue weighted by molar-refractivity contribution is 5.88. The van der Waals surface area contributed by atoms with Crippen molar-refractivity contribution in [1.82, 2.24) is 15.0 Å². The van der Waals surface area contributed by atoms with E-state index in [1.54, 1.807) is 0 Å². The number of benzene rings is 6. The molecule has 0 aliphatic heterocycles. The van der Waals surface area contributed by atoms with Crippen molar-refractivity contribution in [1.29, 1.82) is 5.26 Å². The first-order valence-electron chi connectivity index (χ1n) is 18.7. The fourth-order valence-corrected chi connectivity index (χ4v) is 8.17. The van der Waals surface area contributed by atoms with Gasteiger partial charge in [-0.15, -0.1) is 0 Å². The van der Waals surface area contributed by atoms with Crippen molar-refractivity contribution in [3.8, 4) is 84.5 Å². The predicted molar refractivity (Wildman–Crippen MR) is 224 cm³/mol. The van der Waals surface area contributed by atoms with Gasteiger partial charge in [-0.2, -0.15) is 5.26 Å². The van der Waals surface area contributed by atoms with Gasteiger partial charge in [0.15, 0.2) is 5.82 Å². The molecule has 55 heavy (non-hydrogen) atoms. The average molecular weight is 707 g/mol. The van der Waals surface area contributed by atoms with E-state index in [2.05, 4.69) is 148 Å². The molecule has 1 aliphatic carbocycles. The molecule has 6 aromatic carbocycles. The molecular weight excluding hydrogens is 669 g/mol. The van der Waals surface area contributed by atoms with E-state index in [9.17, 15) is 5.26 Å². The quantitative estimate of drug-likeness (QED) is 0.173. The van der Waals surface area contributed by atoms with Crippen LogP contribution in [0.4, 0.5) is 0 Å². The van der Waals surface area contributed by atoms with Gasteiger partial charge in [-0.1, -0.05) is 129 Å². The Bertz CT molecular complexity index is 2790. The van der Waals surface area contributed by atoms with Crippen LogP contribution in [0.5, 0.6) is 0 Å². The minimum atomic E-state index is -0.326. The summed E-state index contributed by atoms with van der Waals surface area (Å²) in [6, 6.07) is 57.6. The zero-order chi connectivity index (χ0) is 37.7. The summed E-state index contributed by atoms with van der Waals surface area (Å²) in [5.74, 6) is 0.672. The molecule has 0 atom stereocenters. The van der Waals surface area contributed by atoms with E-state index in [0.717, 1.165) is 84.0 Å². The number of rotatable bonds is 6. The highest BCUT2D eigenvalue weighted by atomic mass is 14.9. The van der Waals surface area contributed by atoms with E-state index < -0.39 is 0 Å². The van der Waals surface area contributed by atoms with Crippen LogP contribution in [0.1, 0.15) is 41.9 Å². The highest BCUT2D eigenvalue weighted by Gasteiger charge is 2.37. The molecule has 0 radical (unpaired) electrons. The molecule has 0 fully saturated rings. The third-order valence-corrected chi connectivity index (χ3v) is 10.9. The maximum atomic E-state index is 10.0. The summed E-state index contributed by atoms with van der Waals surface area (Å²) in [7, 11) is 0. The Morgan fingerprint density at radius 3 is 1.76 bits per heavy atom. The molecule has 2 aromatic heterocycles. The lowest BCUT2D eigenvalue weighted by Crippen LogP contribution is -2.16. The number of hydrogen-bond donors (Lipinski definition) is 0. The molecule has 0 unspecified atom stereocenters. The first-order valence-corrected chi connectivity index (χ1v) is 18.7. The van der Waals surface area contributed by atoms with Crippen LogP contribution < -0.4 is 0 Å². The van der Waals surface area contributed by atoms with E-state index in [0.29, 0.717) is 5.82 Å². The number of fused-ring (bicyclic) bond motifs is 3. The van der Waals surface area contributed by atoms with Crippen LogP contribution in [-0.4, -0.2) is 15.0 Å². The van der Waals surface area contributed by atoms with E-state index in [-0.39, 0.29) is 5.41 Å². The third-order valence-electron chi connectivity index (χ3n) is 10.9. The van der Waals surface area contributed by atoms with Crippen molar-refractivity contribution in [2.45, 2.75) is 33.1 Å². The minimum absolute atomic E-state index is 0.326. The molecule has 2 heterocycles. The molecule has 0 saturated heterocycles. The maximum Gasteiger partial charge on any atom is 0.160 e. The summed E-state index contributed by atoms with van der Waals surface area (Å²) < 4.78 is 0. The third kappa shape index (κ3) is 6.10. The Morgan fingerprint density at radius 1 is 0.455 bits per heavy atom. The summed E-state index contributed by atoms with van der Waals surface area (Å²) in [4.78, 5) is 15.2. The van der Waals surface area contributed by atoms with E-state index in [4.69, 9.17) is 15.0 Å². The first-order chi connectivity index (χ1) is 26.8. The lowest BCUT2D eigenvalue weighted by atomic mass is 9.79. The Kier molecular flexibility index (Phi) is 8.29. The average Bonchev–Trinajstić information content (AvgIpc) is 3.46. The normalized spacial score (nSPS) is 12.5. The van der Waals surface area contributed by atoms with Crippen LogP contribution in [0.15, 0.2) is 158 Å². The van der Waals surface area contributed by atoms with Gasteiger partial charge in [-0.05, 0) is 106 Å². The van der Waals surface area contributed by atoms with Crippen molar-refractivity contribution in [3.05, 3.63) is 186 Å². The Balaban J connectivity index is 1.23. The summed E-state index contributed by atoms with van der Waals surface area (Å²) in [6.07, 6.45) is 0. The number of aromatic nitrogens is 3. The second-order valence-electron chi connectivity index (χ2n) is 14.9. The number of aryl methyl sites for hydroxylation is 2. The zero-order valence-corrected chi connectivity index (χ0v) is 31.3. The van der Waals surface area contributed by atoms with Crippen molar-refractivity contribution in [2.75, 3.05) is 0 Å². The Labute approximate surface area is 322 Å². The van der Waals surface area contributed by atoms with Crippen LogP contribution in [0.3, 0.4) is 0 Å². The molecule has 0 bridgehead atoms. The number of pyridine rings is 1. The van der Waals surface area contributed by atoms with Gasteiger partial charge < -0.3 is 0 Å². The van der Waals surface area contributed by atoms with Gasteiger partial charge in [-0.3, -0.25) is 4.98 Å². The van der Waals surface area contributed by atoms with Gasteiger partial charge in [0.25, 0.3) is 0 Å². The van der Waals surface area contributed by atoms with E-state index >= 15 is 0 Å². The summed E-state index contributed by atoms with van der Waals surface area (Å²) in [6.45, 7) is 8.56. The maximum absolute atomic E-state index is 10.0. The van der Waals surface area contributed by atoms with Crippen LogP contribution in [0, 0.1) is 25.2 Å². The molecule has 0 spiro atoms. The molecule has 4 nitrogen and oxygen atoms in total. The molecule has 8 aromatic rings. The molecular formula is C51H38N4. The fourth-order valence-electron chi connectivity index (χ4n) is 8.17. The van der Waals surface area contributed by atoms with Crippen LogP contribution >= 0.6 is 0 Å². The molecule has 4 heteroatoms. The SMILES string of the molecule is Cc1ccc(-c2cc(-c3ccc4c(c3)C(C)(C)c3c(C#N)cccc3-4)cc(-c3cc(-c4ccc(-c5ccccc5)cc4)nc(-c4ccccc4)n3)c2)c(C)n1. The van der Waals surface area contributed by atoms with Gasteiger partial charge in [-0.25, -0.2) is 9.97 Å². The second kappa shape index (κ2) is 13.5. The monoisotopic (exact) mass is 706 g/mol. The Hall–Kier alpha value is -6.96. The van der Waals surface area contributed by atoms with Crippen LogP contribution in [-0.2, 0) is 5.41 Å². The summed E-state index contributed by atoms with van der Waals surface area (Å²) in [5, 5.41) is 10.0. The molecule has 0 saturated carbocycles. The lowest BCUT2D eigenvalue weighted by Gasteiger charge is -2.23. The van der Waals surface area contributed by atoms with Gasteiger partial charge in [0.1, 0.15) is 0 Å². The molecule has 0 amide bonds. The van der Waals surface area contributed by atoms with Crippen LogP contribution in [0.25, 0.3) is 78.4 Å². The summed E-state index contributed by atoms with van der Waals surface area (Å²) >= 11 is 0. The molecule has 262 valence electrons. The number of hydrogen-bond acceptors (Lipinski definition) is 4. The fraction of sp³-hybridized carbons (Fsp3) is 0.0980. The zero-order valence-electron chi connectivity index (χ0n) is 31.3. The largest absolute Gasteiger partial charge is 0.258 e. The predicted octanol–water partition coefficient (Wildman–Crippen LogP) is 12.7. The lowest BCUT2D eigenvalue weighted by molar-refractivity contribution is 0.658. The van der Waals surface area contributed by atoms with Crippen molar-refractivity contribution >= 4 is 0 Å². The summed E-state index contributed by atoms with van der Waals surface area (Å²) in [5.41, 5.74) is 18.3. The van der Waals surface area contributed by atoms with Crippen LogP contribution in [0.2, 0.25) is 0 Å². The highest BCUT2D eigenvalue weighted by Crippen LogP contribution is 2.51. The first kappa shape index (κ1) is 33.8. The van der Waals surface area contributed by atoms with Crippen molar-refractivity contribution < 1.29 is 0 Å². The van der Waals surface area contributed by atoms with E-state index in [1.807, 2.05) is 43.3 Å². The molecule has 1 aliphatic rings. The van der Waals surface area contributed by atoms with Gasteiger partial charge in [0, 0.05) is 39.1 Å². The second-order valence-corrected chi connectivity index (χ2v) is 14.9. The van der Waals surface area contributed by atoms with Gasteiger partial charge in [0.2, 0.25) is 0 Å². The standard InChI is InChI=1S/C51H38N4/c1-32-18-24-43(33(2)53-32)41-26-40(38-23-25-44-45-17-11-16-39(31-52)49(45)51(3,4)46(44)29-38)27-42(28-41)48-30-47(54-50(55-48)37-14-9-6-10-15-37)36-21-19-35(20-22-36)34-12-7-5-8-13-34/h5-30H,1-4H3. The van der Waals surface area contributed by atoms with Gasteiger partial charge >= 0.3 is 0 Å². The van der Waals surface area contributed by atoms with Crippen molar-refractivity contribution in [3.63, 3.8) is 0 Å². The minimum Gasteiger partial charge on any atom is -0.258 e. The van der Waals surface area contributed by atoms with Gasteiger partial charge in [0.05, 0.1) is 23.0 Å². The Morgan fingerprint density at radius 2 is 1.05 bits per heavy atom. The number of nitrogens with zero attached hydrogens (tertiary/aromatic N) is 4. The van der Waals surface area contributed by atoms with Crippen molar-refractivity contribution in [2.24, 2.45) is 0 Å². The number of nitriles is 1. The molecule has 0 N–H and O–H groups in total. The topological polar surface area (TPSA) is 62.5 Å².